The molecule has 0 aliphatic carbocycles. The number of carbonyl (C=O) groups is 1. The molecule has 20 heavy (non-hydrogen) atoms. The van der Waals surface area contributed by atoms with Crippen LogP contribution in [0.3, 0.4) is 0 Å². The number of benzene rings is 1. The van der Waals surface area contributed by atoms with Crippen molar-refractivity contribution in [2.75, 3.05) is 19.8 Å². The van der Waals surface area contributed by atoms with Gasteiger partial charge in [-0.25, -0.2) is 0 Å². The highest BCUT2D eigenvalue weighted by molar-refractivity contribution is 7.17. The fourth-order valence-corrected chi connectivity index (χ4v) is 2.61. The zero-order chi connectivity index (χ0) is 14.2. The van der Waals surface area contributed by atoms with Crippen LogP contribution in [0.15, 0.2) is 42.3 Å². The third-order valence-electron chi connectivity index (χ3n) is 2.86. The summed E-state index contributed by atoms with van der Waals surface area (Å²) in [6, 6.07) is 8.58. The van der Waals surface area contributed by atoms with Crippen molar-refractivity contribution < 1.29 is 14.3 Å². The molecular weight excluding hydrogens is 272 g/mol. The van der Waals surface area contributed by atoms with Gasteiger partial charge in [-0.1, -0.05) is 24.8 Å². The Hall–Kier alpha value is -1.65. The van der Waals surface area contributed by atoms with Gasteiger partial charge >= 0.3 is 5.97 Å². The van der Waals surface area contributed by atoms with Crippen molar-refractivity contribution in [1.29, 1.82) is 0 Å². The first-order chi connectivity index (χ1) is 9.79. The lowest BCUT2D eigenvalue weighted by atomic mass is 10.1. The van der Waals surface area contributed by atoms with Crippen molar-refractivity contribution in [3.05, 3.63) is 47.9 Å². The first kappa shape index (κ1) is 14.8. The largest absolute Gasteiger partial charge is 0.461 e. The second-order valence-electron chi connectivity index (χ2n) is 4.38. The molecule has 0 spiro atoms. The van der Waals surface area contributed by atoms with Crippen LogP contribution in [-0.4, -0.2) is 25.8 Å². The maximum absolute atomic E-state index is 11.2. The Morgan fingerprint density at radius 2 is 2.20 bits per heavy atom. The van der Waals surface area contributed by atoms with Gasteiger partial charge in [-0.15, -0.1) is 11.3 Å². The highest BCUT2D eigenvalue weighted by Crippen LogP contribution is 2.21. The molecule has 1 aromatic heterocycles. The molecule has 0 aliphatic heterocycles. The first-order valence-corrected chi connectivity index (χ1v) is 7.48. The van der Waals surface area contributed by atoms with Crippen molar-refractivity contribution in [3.8, 4) is 0 Å². The average molecular weight is 290 g/mol. The third kappa shape index (κ3) is 4.47. The van der Waals surface area contributed by atoms with Gasteiger partial charge in [0.1, 0.15) is 6.61 Å². The monoisotopic (exact) mass is 290 g/mol. The Morgan fingerprint density at radius 1 is 1.30 bits per heavy atom. The Morgan fingerprint density at radius 3 is 3.05 bits per heavy atom. The number of esters is 1. The summed E-state index contributed by atoms with van der Waals surface area (Å²) in [4.78, 5) is 11.2. The van der Waals surface area contributed by atoms with E-state index in [1.807, 2.05) is 0 Å². The van der Waals surface area contributed by atoms with Gasteiger partial charge in [0.25, 0.3) is 0 Å². The van der Waals surface area contributed by atoms with Crippen LogP contribution < -0.4 is 0 Å². The predicted octanol–water partition coefficient (Wildman–Crippen LogP) is 3.58. The quantitative estimate of drug-likeness (QED) is 0.423. The molecule has 0 aliphatic rings. The van der Waals surface area contributed by atoms with E-state index < -0.39 is 0 Å². The molecule has 0 atom stereocenters. The average Bonchev–Trinajstić information content (AvgIpc) is 2.92. The van der Waals surface area contributed by atoms with Gasteiger partial charge in [-0.2, -0.15) is 0 Å². The van der Waals surface area contributed by atoms with Crippen LogP contribution in [0.2, 0.25) is 0 Å². The van der Waals surface area contributed by atoms with E-state index in [0.29, 0.717) is 13.2 Å². The van der Waals surface area contributed by atoms with E-state index in [1.165, 1.54) is 15.6 Å². The predicted molar refractivity (Wildman–Crippen MR) is 82.1 cm³/mol. The lowest BCUT2D eigenvalue weighted by Gasteiger charge is -2.05. The van der Waals surface area contributed by atoms with Crippen LogP contribution in [0.1, 0.15) is 12.0 Å². The van der Waals surface area contributed by atoms with E-state index in [0.717, 1.165) is 6.42 Å². The summed E-state index contributed by atoms with van der Waals surface area (Å²) in [7, 11) is 0. The number of rotatable bonds is 8. The molecule has 106 valence electrons. The lowest BCUT2D eigenvalue weighted by Crippen LogP contribution is -2.09. The number of hydrogen-bond acceptors (Lipinski definition) is 4. The molecule has 1 aromatic carbocycles. The molecule has 0 amide bonds. The Balaban J connectivity index is 1.65. The van der Waals surface area contributed by atoms with E-state index in [2.05, 4.69) is 36.2 Å². The molecule has 0 unspecified atom stereocenters. The molecule has 0 saturated carbocycles. The van der Waals surface area contributed by atoms with E-state index in [1.54, 1.807) is 17.4 Å². The van der Waals surface area contributed by atoms with Gasteiger partial charge in [0.15, 0.2) is 0 Å². The number of fused-ring (bicyclic) bond motifs is 1. The van der Waals surface area contributed by atoms with Gasteiger partial charge < -0.3 is 9.47 Å². The second-order valence-corrected chi connectivity index (χ2v) is 5.32. The molecule has 0 bridgehead atoms. The molecule has 0 saturated heterocycles. The van der Waals surface area contributed by atoms with Crippen molar-refractivity contribution in [2.24, 2.45) is 0 Å². The molecule has 0 radical (unpaired) electrons. The molecule has 4 heteroatoms. The first-order valence-electron chi connectivity index (χ1n) is 6.60. The van der Waals surface area contributed by atoms with E-state index in [9.17, 15) is 4.79 Å². The molecule has 1 heterocycles. The molecule has 2 aromatic rings. The standard InChI is InChI=1S/C16H18O3S/c1-2-8-19-16(17)6-10-18-9-5-13-3-4-15-14(12-13)7-11-20-15/h2-4,7,11-12H,1,5-6,8-10H2. The zero-order valence-corrected chi connectivity index (χ0v) is 12.2. The van der Waals surface area contributed by atoms with Crippen LogP contribution in [0.25, 0.3) is 10.1 Å². The van der Waals surface area contributed by atoms with Crippen LogP contribution >= 0.6 is 11.3 Å². The summed E-state index contributed by atoms with van der Waals surface area (Å²) in [6.07, 6.45) is 2.70. The zero-order valence-electron chi connectivity index (χ0n) is 11.3. The topological polar surface area (TPSA) is 35.5 Å². The lowest BCUT2D eigenvalue weighted by molar-refractivity contribution is -0.143. The second kappa shape index (κ2) is 7.82. The van der Waals surface area contributed by atoms with Crippen LogP contribution in [0.5, 0.6) is 0 Å². The summed E-state index contributed by atoms with van der Waals surface area (Å²) >= 11 is 1.75. The van der Waals surface area contributed by atoms with E-state index in [4.69, 9.17) is 9.47 Å². The van der Waals surface area contributed by atoms with Crippen molar-refractivity contribution in [3.63, 3.8) is 0 Å². The minimum Gasteiger partial charge on any atom is -0.461 e. The molecule has 2 rings (SSSR count). The fraction of sp³-hybridized carbons (Fsp3) is 0.312. The van der Waals surface area contributed by atoms with E-state index >= 15 is 0 Å². The SMILES string of the molecule is C=CCOC(=O)CCOCCc1ccc2sccc2c1. The number of hydrogen-bond donors (Lipinski definition) is 0. The molecule has 3 nitrogen and oxygen atoms in total. The molecular formula is C16H18O3S. The van der Waals surface area contributed by atoms with Crippen molar-refractivity contribution in [1.82, 2.24) is 0 Å². The van der Waals surface area contributed by atoms with Gasteiger partial charge in [-0.3, -0.25) is 4.79 Å². The summed E-state index contributed by atoms with van der Waals surface area (Å²) in [6.45, 7) is 4.76. The third-order valence-corrected chi connectivity index (χ3v) is 3.76. The Labute approximate surface area is 122 Å². The van der Waals surface area contributed by atoms with Crippen LogP contribution in [0.4, 0.5) is 0 Å². The Bertz CT molecular complexity index is 574. The molecule has 0 N–H and O–H groups in total. The number of carbonyl (C=O) groups excluding carboxylic acids is 1. The minimum atomic E-state index is -0.246. The summed E-state index contributed by atoms with van der Waals surface area (Å²) in [5, 5.41) is 3.38. The highest BCUT2D eigenvalue weighted by atomic mass is 32.1. The van der Waals surface area contributed by atoms with Crippen molar-refractivity contribution >= 4 is 27.4 Å². The number of ether oxygens (including phenoxy) is 2. The van der Waals surface area contributed by atoms with Crippen molar-refractivity contribution in [2.45, 2.75) is 12.8 Å². The van der Waals surface area contributed by atoms with Crippen LogP contribution in [0, 0.1) is 0 Å². The smallest absolute Gasteiger partial charge is 0.308 e. The molecule has 0 fully saturated rings. The maximum Gasteiger partial charge on any atom is 0.308 e. The Kier molecular flexibility index (Phi) is 5.77. The van der Waals surface area contributed by atoms with Gasteiger partial charge in [-0.05, 0) is 34.9 Å². The van der Waals surface area contributed by atoms with E-state index in [-0.39, 0.29) is 19.0 Å². The fourth-order valence-electron chi connectivity index (χ4n) is 1.84. The summed E-state index contributed by atoms with van der Waals surface area (Å²) in [5.74, 6) is -0.246. The van der Waals surface area contributed by atoms with Gasteiger partial charge in [0.2, 0.25) is 0 Å². The minimum absolute atomic E-state index is 0.246. The highest BCUT2D eigenvalue weighted by Gasteiger charge is 2.02. The summed E-state index contributed by atoms with van der Waals surface area (Å²) in [5.41, 5.74) is 1.25. The van der Waals surface area contributed by atoms with Gasteiger partial charge in [0.05, 0.1) is 19.6 Å². The summed E-state index contributed by atoms with van der Waals surface area (Å²) < 4.78 is 11.6. The normalized spacial score (nSPS) is 10.6. The van der Waals surface area contributed by atoms with Crippen LogP contribution in [-0.2, 0) is 20.7 Å². The number of thiophene rings is 1. The maximum atomic E-state index is 11.2. The van der Waals surface area contributed by atoms with Gasteiger partial charge in [0, 0.05) is 4.70 Å².